The number of hydrogen-bond acceptors (Lipinski definition) is 3. The van der Waals surface area contributed by atoms with Gasteiger partial charge >= 0.3 is 0 Å². The molecule has 0 aliphatic heterocycles. The van der Waals surface area contributed by atoms with Gasteiger partial charge in [0.2, 0.25) is 0 Å². The first-order chi connectivity index (χ1) is 7.08. The van der Waals surface area contributed by atoms with Crippen LogP contribution in [-0.2, 0) is 19.6 Å². The molecule has 0 unspecified atom stereocenters. The third-order valence-corrected chi connectivity index (χ3v) is 3.91. The van der Waals surface area contributed by atoms with Gasteiger partial charge in [0.05, 0.1) is 0 Å². The Balaban J connectivity index is 0. The van der Waals surface area contributed by atoms with Gasteiger partial charge in [-0.25, -0.2) is 0 Å². The highest BCUT2D eigenvalue weighted by atomic mass is 79.9. The molecule has 0 amide bonds. The van der Waals surface area contributed by atoms with Gasteiger partial charge in [-0.1, -0.05) is 15.9 Å². The van der Waals surface area contributed by atoms with Crippen molar-refractivity contribution in [2.75, 3.05) is 0 Å². The summed E-state index contributed by atoms with van der Waals surface area (Å²) in [6.45, 7) is 5.66. The minimum absolute atomic E-state index is 0. The number of halogens is 3. The first-order valence-electron chi connectivity index (χ1n) is 4.97. The first-order valence-corrected chi connectivity index (χ1v) is 5.77. The van der Waals surface area contributed by atoms with E-state index in [-0.39, 0.29) is 24.8 Å². The largest absolute Gasteiger partial charge is 0.326 e. The summed E-state index contributed by atoms with van der Waals surface area (Å²) in [7, 11) is 0. The minimum Gasteiger partial charge on any atom is -0.326 e. The molecule has 0 bridgehead atoms. The van der Waals surface area contributed by atoms with Crippen molar-refractivity contribution in [3.63, 3.8) is 0 Å². The van der Waals surface area contributed by atoms with E-state index in [1.165, 1.54) is 16.7 Å². The molecule has 17 heavy (non-hydrogen) atoms. The molecule has 1 aromatic carbocycles. The van der Waals surface area contributed by atoms with Gasteiger partial charge < -0.3 is 17.2 Å². The molecule has 0 saturated heterocycles. The molecule has 0 saturated carbocycles. The third kappa shape index (κ3) is 3.56. The van der Waals surface area contributed by atoms with Crippen LogP contribution in [-0.4, -0.2) is 0 Å². The molecule has 0 aromatic heterocycles. The number of hydrogen-bond donors (Lipinski definition) is 3. The van der Waals surface area contributed by atoms with Crippen molar-refractivity contribution in [2.24, 2.45) is 17.2 Å². The lowest BCUT2D eigenvalue weighted by Gasteiger charge is -2.19. The average Bonchev–Trinajstić information content (AvgIpc) is 2.19. The van der Waals surface area contributed by atoms with Crippen molar-refractivity contribution in [1.82, 2.24) is 0 Å². The predicted octanol–water partition coefficient (Wildman–Crippen LogP) is 2.29. The second-order valence-electron chi connectivity index (χ2n) is 3.61. The Labute approximate surface area is 123 Å². The van der Waals surface area contributed by atoms with Crippen molar-refractivity contribution < 1.29 is 0 Å². The Morgan fingerprint density at radius 1 is 0.765 bits per heavy atom. The summed E-state index contributed by atoms with van der Waals surface area (Å²) in [5.41, 5.74) is 23.0. The summed E-state index contributed by atoms with van der Waals surface area (Å²) >= 11 is 3.57. The second-order valence-corrected chi connectivity index (χ2v) is 4.41. The number of benzene rings is 1. The molecular formula is C11H20BrCl2N3. The fraction of sp³-hybridized carbons (Fsp3) is 0.455. The third-order valence-electron chi connectivity index (χ3n) is 2.95. The van der Waals surface area contributed by atoms with E-state index in [2.05, 4.69) is 29.8 Å². The van der Waals surface area contributed by atoms with Crippen molar-refractivity contribution in [3.8, 4) is 0 Å². The lowest BCUT2D eigenvalue weighted by molar-refractivity contribution is 0.931. The van der Waals surface area contributed by atoms with Crippen LogP contribution in [0.15, 0.2) is 4.47 Å². The van der Waals surface area contributed by atoms with Gasteiger partial charge in [-0.3, -0.25) is 0 Å². The zero-order valence-corrected chi connectivity index (χ0v) is 13.3. The molecule has 0 heterocycles. The molecule has 100 valence electrons. The molecule has 1 aromatic rings. The number of nitrogens with two attached hydrogens (primary N) is 3. The quantitative estimate of drug-likeness (QED) is 0.787. The highest BCUT2D eigenvalue weighted by molar-refractivity contribution is 9.10. The molecular weight excluding hydrogens is 325 g/mol. The van der Waals surface area contributed by atoms with Crippen LogP contribution in [0.1, 0.15) is 27.8 Å². The topological polar surface area (TPSA) is 78.1 Å². The van der Waals surface area contributed by atoms with Crippen LogP contribution in [0.2, 0.25) is 0 Å². The Kier molecular flexibility index (Phi) is 9.51. The second kappa shape index (κ2) is 8.29. The molecule has 0 atom stereocenters. The van der Waals surface area contributed by atoms with Gasteiger partial charge in [-0.05, 0) is 41.7 Å². The maximum Gasteiger partial charge on any atom is 0.0270 e. The maximum atomic E-state index is 5.75. The van der Waals surface area contributed by atoms with Crippen LogP contribution in [0.5, 0.6) is 0 Å². The molecule has 6 N–H and O–H groups in total. The van der Waals surface area contributed by atoms with E-state index in [9.17, 15) is 0 Å². The lowest BCUT2D eigenvalue weighted by atomic mass is 9.93. The minimum atomic E-state index is 0. The van der Waals surface area contributed by atoms with E-state index in [1.54, 1.807) is 0 Å². The van der Waals surface area contributed by atoms with Gasteiger partial charge in [-0.15, -0.1) is 24.8 Å². The number of rotatable bonds is 3. The van der Waals surface area contributed by atoms with Crippen LogP contribution in [0.25, 0.3) is 0 Å². The SMILES string of the molecule is Cc1c(CN)c(C)c(CN)c(Br)c1CN.Cl.Cl. The predicted molar refractivity (Wildman–Crippen MR) is 81.8 cm³/mol. The van der Waals surface area contributed by atoms with E-state index >= 15 is 0 Å². The van der Waals surface area contributed by atoms with Crippen LogP contribution in [0, 0.1) is 13.8 Å². The first kappa shape index (κ1) is 19.5. The van der Waals surface area contributed by atoms with Crippen LogP contribution in [0.3, 0.4) is 0 Å². The molecule has 0 aliphatic rings. The van der Waals surface area contributed by atoms with Gasteiger partial charge in [0, 0.05) is 24.1 Å². The zero-order chi connectivity index (χ0) is 11.6. The molecule has 0 spiro atoms. The summed E-state index contributed by atoms with van der Waals surface area (Å²) in [4.78, 5) is 0. The summed E-state index contributed by atoms with van der Waals surface area (Å²) in [5, 5.41) is 0. The lowest BCUT2D eigenvalue weighted by Crippen LogP contribution is -2.13. The van der Waals surface area contributed by atoms with Crippen molar-refractivity contribution >= 4 is 40.7 Å². The van der Waals surface area contributed by atoms with Crippen molar-refractivity contribution in [1.29, 1.82) is 0 Å². The van der Waals surface area contributed by atoms with E-state index in [4.69, 9.17) is 17.2 Å². The van der Waals surface area contributed by atoms with Gasteiger partial charge in [0.1, 0.15) is 0 Å². The average molecular weight is 345 g/mol. The van der Waals surface area contributed by atoms with E-state index < -0.39 is 0 Å². The normalized spacial score (nSPS) is 9.53. The fourth-order valence-corrected chi connectivity index (χ4v) is 2.87. The summed E-state index contributed by atoms with van der Waals surface area (Å²) < 4.78 is 1.04. The maximum absolute atomic E-state index is 5.75. The van der Waals surface area contributed by atoms with Crippen LogP contribution < -0.4 is 17.2 Å². The Morgan fingerprint density at radius 3 is 1.29 bits per heavy atom. The molecule has 0 radical (unpaired) electrons. The van der Waals surface area contributed by atoms with E-state index in [0.717, 1.165) is 15.6 Å². The molecule has 3 nitrogen and oxygen atoms in total. The van der Waals surface area contributed by atoms with Crippen molar-refractivity contribution in [2.45, 2.75) is 33.5 Å². The van der Waals surface area contributed by atoms with Crippen LogP contribution in [0.4, 0.5) is 0 Å². The molecule has 0 fully saturated rings. The van der Waals surface area contributed by atoms with Crippen LogP contribution >= 0.6 is 40.7 Å². The molecule has 1 rings (SSSR count). The van der Waals surface area contributed by atoms with E-state index in [0.29, 0.717) is 19.6 Å². The van der Waals surface area contributed by atoms with E-state index in [1.807, 2.05) is 0 Å². The Hall–Kier alpha value is 0.160. The zero-order valence-electron chi connectivity index (χ0n) is 10.0. The standard InChI is InChI=1S/C11H18BrN3.2ClH/c1-6-8(3-13)7(2)10(5-15)11(12)9(6)4-14;;/h3-5,13-15H2,1-2H3;2*1H. The highest BCUT2D eigenvalue weighted by Crippen LogP contribution is 2.31. The Morgan fingerprint density at radius 2 is 1.06 bits per heavy atom. The summed E-state index contributed by atoms with van der Waals surface area (Å²) in [6.07, 6.45) is 0. The summed E-state index contributed by atoms with van der Waals surface area (Å²) in [6, 6.07) is 0. The highest BCUT2D eigenvalue weighted by Gasteiger charge is 2.15. The molecule has 6 heteroatoms. The summed E-state index contributed by atoms with van der Waals surface area (Å²) in [5.74, 6) is 0. The van der Waals surface area contributed by atoms with Gasteiger partial charge in [0.25, 0.3) is 0 Å². The molecule has 0 aliphatic carbocycles. The fourth-order valence-electron chi connectivity index (χ4n) is 1.95. The van der Waals surface area contributed by atoms with Crippen molar-refractivity contribution in [3.05, 3.63) is 32.3 Å². The Bertz CT molecular complexity index is 305. The van der Waals surface area contributed by atoms with Gasteiger partial charge in [-0.2, -0.15) is 0 Å². The smallest absolute Gasteiger partial charge is 0.0270 e. The van der Waals surface area contributed by atoms with Gasteiger partial charge in [0.15, 0.2) is 0 Å². The monoisotopic (exact) mass is 343 g/mol.